The van der Waals surface area contributed by atoms with Crippen LogP contribution in [0.25, 0.3) is 0 Å². The summed E-state index contributed by atoms with van der Waals surface area (Å²) in [6.07, 6.45) is -4.70. The molecule has 0 saturated heterocycles. The molecule has 1 aromatic carbocycles. The van der Waals surface area contributed by atoms with E-state index in [0.717, 1.165) is 12.1 Å². The van der Waals surface area contributed by atoms with Crippen LogP contribution in [-0.2, 0) is 16.8 Å². The highest BCUT2D eigenvalue weighted by atomic mass is 32.2. The largest absolute Gasteiger partial charge is 0.402 e. The number of alkyl halides is 3. The van der Waals surface area contributed by atoms with Crippen LogP contribution in [0.15, 0.2) is 18.2 Å². The fourth-order valence-electron chi connectivity index (χ4n) is 1.13. The number of anilines is 1. The summed E-state index contributed by atoms with van der Waals surface area (Å²) in [4.78, 5) is 0. The van der Waals surface area contributed by atoms with Crippen molar-refractivity contribution in [1.29, 1.82) is 0 Å². The lowest BCUT2D eigenvalue weighted by atomic mass is 10.2. The molecule has 0 unspecified atom stereocenters. The Morgan fingerprint density at radius 2 is 1.89 bits per heavy atom. The van der Waals surface area contributed by atoms with Gasteiger partial charge in [0.1, 0.15) is 12.4 Å². The van der Waals surface area contributed by atoms with Crippen molar-refractivity contribution in [3.63, 3.8) is 0 Å². The Morgan fingerprint density at radius 1 is 1.26 bits per heavy atom. The second-order valence-corrected chi connectivity index (χ2v) is 5.06. The van der Waals surface area contributed by atoms with E-state index in [4.69, 9.17) is 5.73 Å². The van der Waals surface area contributed by atoms with Crippen LogP contribution in [0, 0.1) is 5.82 Å². The maximum atomic E-state index is 13.4. The molecule has 0 radical (unpaired) electrons. The predicted octanol–water partition coefficient (Wildman–Crippen LogP) is 1.09. The Labute approximate surface area is 107 Å². The molecule has 0 aliphatic rings. The highest BCUT2D eigenvalue weighted by Gasteiger charge is 2.29. The summed E-state index contributed by atoms with van der Waals surface area (Å²) in [5.41, 5.74) is 5.20. The molecule has 4 N–H and O–H groups in total. The lowest BCUT2D eigenvalue weighted by Crippen LogP contribution is -2.37. The van der Waals surface area contributed by atoms with E-state index in [-0.39, 0.29) is 6.54 Å². The lowest BCUT2D eigenvalue weighted by Gasteiger charge is -2.12. The molecule has 0 aromatic heterocycles. The minimum atomic E-state index is -4.70. The summed E-state index contributed by atoms with van der Waals surface area (Å²) >= 11 is 0. The van der Waals surface area contributed by atoms with Crippen molar-refractivity contribution in [3.8, 4) is 0 Å². The molecule has 0 fully saturated rings. The van der Waals surface area contributed by atoms with Gasteiger partial charge in [0, 0.05) is 6.54 Å². The van der Waals surface area contributed by atoms with E-state index in [9.17, 15) is 26.0 Å². The number of nitrogens with two attached hydrogens (primary N) is 1. The number of halogens is 4. The Morgan fingerprint density at radius 3 is 2.37 bits per heavy atom. The molecule has 0 spiro atoms. The summed E-state index contributed by atoms with van der Waals surface area (Å²) in [6.45, 7) is -1.69. The van der Waals surface area contributed by atoms with Gasteiger partial charge in [0.2, 0.25) is 0 Å². The maximum Gasteiger partial charge on any atom is 0.402 e. The first-order valence-corrected chi connectivity index (χ1v) is 6.44. The molecule has 5 nitrogen and oxygen atoms in total. The first-order chi connectivity index (χ1) is 8.63. The number of nitrogens with one attached hydrogen (secondary N) is 2. The van der Waals surface area contributed by atoms with E-state index in [1.54, 1.807) is 4.72 Å². The Balaban J connectivity index is 2.78. The summed E-state index contributed by atoms with van der Waals surface area (Å²) < 4.78 is 74.4. The monoisotopic (exact) mass is 301 g/mol. The third-order valence-corrected chi connectivity index (χ3v) is 2.99. The smallest absolute Gasteiger partial charge is 0.326 e. The third-order valence-electron chi connectivity index (χ3n) is 1.98. The van der Waals surface area contributed by atoms with E-state index in [1.165, 1.54) is 10.8 Å². The number of rotatable bonds is 5. The SMILES string of the molecule is NCc1ccc(NS(=O)(=O)NCC(F)(F)F)c(F)c1. The zero-order valence-electron chi connectivity index (χ0n) is 9.46. The van der Waals surface area contributed by atoms with Crippen molar-refractivity contribution in [1.82, 2.24) is 4.72 Å². The van der Waals surface area contributed by atoms with Gasteiger partial charge in [0.15, 0.2) is 0 Å². The van der Waals surface area contributed by atoms with Gasteiger partial charge in [-0.2, -0.15) is 26.3 Å². The lowest BCUT2D eigenvalue weighted by molar-refractivity contribution is -0.121. The number of hydrogen-bond acceptors (Lipinski definition) is 3. The molecule has 0 atom stereocenters. The van der Waals surface area contributed by atoms with Gasteiger partial charge in [0.25, 0.3) is 10.2 Å². The Bertz CT molecular complexity index is 545. The van der Waals surface area contributed by atoms with E-state index >= 15 is 0 Å². The van der Waals surface area contributed by atoms with Gasteiger partial charge in [-0.15, -0.1) is 0 Å². The summed E-state index contributed by atoms with van der Waals surface area (Å²) in [5, 5.41) is 0. The second-order valence-electron chi connectivity index (χ2n) is 3.56. The molecule has 0 aliphatic carbocycles. The Hall–Kier alpha value is -1.39. The van der Waals surface area contributed by atoms with Crippen molar-refractivity contribution >= 4 is 15.9 Å². The molecule has 0 amide bonds. The highest BCUT2D eigenvalue weighted by molar-refractivity contribution is 7.90. The topological polar surface area (TPSA) is 84.2 Å². The summed E-state index contributed by atoms with van der Waals surface area (Å²) in [5.74, 6) is -0.930. The van der Waals surface area contributed by atoms with Crippen molar-refractivity contribution in [2.75, 3.05) is 11.3 Å². The van der Waals surface area contributed by atoms with Crippen LogP contribution in [0.2, 0.25) is 0 Å². The quantitative estimate of drug-likeness (QED) is 0.712. The molecule has 108 valence electrons. The summed E-state index contributed by atoms with van der Waals surface area (Å²) in [7, 11) is -4.50. The van der Waals surface area contributed by atoms with Gasteiger partial charge >= 0.3 is 6.18 Å². The van der Waals surface area contributed by atoms with Crippen LogP contribution >= 0.6 is 0 Å². The molecule has 1 rings (SSSR count). The first kappa shape index (κ1) is 15.7. The molecule has 0 aliphatic heterocycles. The van der Waals surface area contributed by atoms with Crippen molar-refractivity contribution < 1.29 is 26.0 Å². The maximum absolute atomic E-state index is 13.4. The van der Waals surface area contributed by atoms with Crippen molar-refractivity contribution in [3.05, 3.63) is 29.6 Å². The van der Waals surface area contributed by atoms with Crippen LogP contribution in [0.5, 0.6) is 0 Å². The first-order valence-electron chi connectivity index (χ1n) is 4.95. The fourth-order valence-corrected chi connectivity index (χ4v) is 2.01. The van der Waals surface area contributed by atoms with E-state index in [0.29, 0.717) is 5.56 Å². The van der Waals surface area contributed by atoms with Gasteiger partial charge in [-0.1, -0.05) is 6.07 Å². The predicted molar refractivity (Wildman–Crippen MR) is 60.9 cm³/mol. The standard InChI is InChI=1S/C9H11F4N3O2S/c10-7-3-6(4-14)1-2-8(7)16-19(17,18)15-5-9(11,12)13/h1-3,15-16H,4-5,14H2. The zero-order valence-corrected chi connectivity index (χ0v) is 10.3. The number of hydrogen-bond donors (Lipinski definition) is 3. The molecule has 1 aromatic rings. The van der Waals surface area contributed by atoms with Crippen LogP contribution in [0.1, 0.15) is 5.56 Å². The van der Waals surface area contributed by atoms with Crippen LogP contribution < -0.4 is 15.2 Å². The van der Waals surface area contributed by atoms with Crippen LogP contribution in [0.4, 0.5) is 23.2 Å². The van der Waals surface area contributed by atoms with E-state index < -0.39 is 34.4 Å². The van der Waals surface area contributed by atoms with Crippen molar-refractivity contribution in [2.24, 2.45) is 5.73 Å². The zero-order chi connectivity index (χ0) is 14.7. The molecule has 0 bridgehead atoms. The molecule has 19 heavy (non-hydrogen) atoms. The average Bonchev–Trinajstić information content (AvgIpc) is 2.28. The van der Waals surface area contributed by atoms with Gasteiger partial charge in [-0.25, -0.2) is 4.39 Å². The normalized spacial score (nSPS) is 12.5. The Kier molecular flexibility index (Phi) is 4.71. The third kappa shape index (κ3) is 5.41. The van der Waals surface area contributed by atoms with Gasteiger partial charge < -0.3 is 5.73 Å². The minimum absolute atomic E-state index is 0.0519. The van der Waals surface area contributed by atoms with E-state index in [2.05, 4.69) is 0 Å². The van der Waals surface area contributed by atoms with Gasteiger partial charge in [-0.3, -0.25) is 4.72 Å². The fraction of sp³-hybridized carbons (Fsp3) is 0.333. The number of benzene rings is 1. The molecule has 0 saturated carbocycles. The van der Waals surface area contributed by atoms with Gasteiger partial charge in [0.05, 0.1) is 5.69 Å². The summed E-state index contributed by atoms with van der Waals surface area (Å²) in [6, 6.07) is 3.41. The molecular formula is C9H11F4N3O2S. The average molecular weight is 301 g/mol. The van der Waals surface area contributed by atoms with Crippen molar-refractivity contribution in [2.45, 2.75) is 12.7 Å². The van der Waals surface area contributed by atoms with Gasteiger partial charge in [-0.05, 0) is 17.7 Å². The second kappa shape index (κ2) is 5.72. The van der Waals surface area contributed by atoms with Crippen LogP contribution in [-0.4, -0.2) is 21.1 Å². The molecule has 10 heteroatoms. The molecular weight excluding hydrogens is 290 g/mol. The van der Waals surface area contributed by atoms with Crippen LogP contribution in [0.3, 0.4) is 0 Å². The van der Waals surface area contributed by atoms with E-state index in [1.807, 2.05) is 0 Å². The minimum Gasteiger partial charge on any atom is -0.326 e. The molecule has 0 heterocycles. The highest BCUT2D eigenvalue weighted by Crippen LogP contribution is 2.17.